The van der Waals surface area contributed by atoms with Crippen molar-refractivity contribution in [3.63, 3.8) is 0 Å². The minimum Gasteiger partial charge on any atom is -0.444 e. The lowest BCUT2D eigenvalue weighted by molar-refractivity contribution is 0.0356. The summed E-state index contributed by atoms with van der Waals surface area (Å²) in [6.07, 6.45) is -0.844. The Balaban J connectivity index is 2.82. The highest BCUT2D eigenvalue weighted by molar-refractivity contribution is 9.10. The van der Waals surface area contributed by atoms with Gasteiger partial charge in [-0.25, -0.2) is 4.79 Å². The maximum absolute atomic E-state index is 11.8. The molecule has 0 aliphatic rings. The third-order valence-electron chi connectivity index (χ3n) is 2.72. The van der Waals surface area contributed by atoms with E-state index >= 15 is 0 Å². The number of benzene rings is 1. The third kappa shape index (κ3) is 5.85. The van der Waals surface area contributed by atoms with Crippen molar-refractivity contribution in [2.75, 3.05) is 7.11 Å². The average Bonchev–Trinajstić information content (AvgIpc) is 2.30. The fourth-order valence-corrected chi connectivity index (χ4v) is 2.68. The van der Waals surface area contributed by atoms with Gasteiger partial charge >= 0.3 is 6.09 Å². The maximum atomic E-state index is 11.8. The first-order valence-corrected chi connectivity index (χ1v) is 7.78. The molecular formula is C15H21BrClNO3. The highest BCUT2D eigenvalue weighted by Gasteiger charge is 2.25. The molecule has 0 spiro atoms. The van der Waals surface area contributed by atoms with E-state index in [2.05, 4.69) is 21.2 Å². The van der Waals surface area contributed by atoms with Crippen molar-refractivity contribution in [1.29, 1.82) is 0 Å². The van der Waals surface area contributed by atoms with Gasteiger partial charge in [0.1, 0.15) is 11.7 Å². The van der Waals surface area contributed by atoms with Crippen LogP contribution in [0.15, 0.2) is 22.7 Å². The van der Waals surface area contributed by atoms with Crippen LogP contribution in [-0.4, -0.2) is 24.8 Å². The second-order valence-electron chi connectivity index (χ2n) is 5.76. The van der Waals surface area contributed by atoms with Gasteiger partial charge in [0.15, 0.2) is 0 Å². The van der Waals surface area contributed by atoms with Gasteiger partial charge in [-0.15, -0.1) is 0 Å². The zero-order chi connectivity index (χ0) is 16.2. The summed E-state index contributed by atoms with van der Waals surface area (Å²) in [5.74, 6) is 0. The molecule has 2 atom stereocenters. The van der Waals surface area contributed by atoms with E-state index in [-0.39, 0.29) is 12.1 Å². The lowest BCUT2D eigenvalue weighted by Crippen LogP contribution is -2.41. The van der Waals surface area contributed by atoms with Crippen molar-refractivity contribution in [3.05, 3.63) is 33.3 Å². The van der Waals surface area contributed by atoms with E-state index in [1.54, 1.807) is 13.2 Å². The van der Waals surface area contributed by atoms with Gasteiger partial charge < -0.3 is 14.8 Å². The van der Waals surface area contributed by atoms with E-state index in [1.807, 2.05) is 39.8 Å². The number of halogens is 2. The van der Waals surface area contributed by atoms with E-state index in [0.717, 1.165) is 10.0 Å². The van der Waals surface area contributed by atoms with Crippen molar-refractivity contribution in [1.82, 2.24) is 5.32 Å². The highest BCUT2D eigenvalue weighted by Crippen LogP contribution is 2.30. The Labute approximate surface area is 139 Å². The number of rotatable bonds is 4. The number of amides is 1. The molecule has 0 aromatic heterocycles. The number of methoxy groups -OCH3 is 1. The normalized spacial score (nSPS) is 14.4. The number of hydrogen-bond acceptors (Lipinski definition) is 3. The van der Waals surface area contributed by atoms with Crippen LogP contribution in [0.25, 0.3) is 0 Å². The molecule has 0 saturated heterocycles. The smallest absolute Gasteiger partial charge is 0.407 e. The zero-order valence-corrected chi connectivity index (χ0v) is 15.2. The minimum atomic E-state index is -0.540. The number of ether oxygens (including phenoxy) is 2. The van der Waals surface area contributed by atoms with E-state index in [9.17, 15) is 4.79 Å². The molecule has 0 fully saturated rings. The predicted molar refractivity (Wildman–Crippen MR) is 87.7 cm³/mol. The molecule has 0 aliphatic carbocycles. The van der Waals surface area contributed by atoms with Crippen molar-refractivity contribution in [2.45, 2.75) is 45.4 Å². The van der Waals surface area contributed by atoms with Gasteiger partial charge in [0.2, 0.25) is 0 Å². The molecule has 0 heterocycles. The molecule has 1 aromatic carbocycles. The maximum Gasteiger partial charge on any atom is 0.407 e. The molecule has 1 N–H and O–H groups in total. The van der Waals surface area contributed by atoms with Crippen LogP contribution in [-0.2, 0) is 9.47 Å². The fraction of sp³-hybridized carbons (Fsp3) is 0.533. The molecule has 0 radical (unpaired) electrons. The summed E-state index contributed by atoms with van der Waals surface area (Å²) in [5.41, 5.74) is 0.271. The lowest BCUT2D eigenvalue weighted by Gasteiger charge is -2.27. The summed E-state index contributed by atoms with van der Waals surface area (Å²) in [6.45, 7) is 7.29. The number of carbonyl (C=O) groups excluding carboxylic acids is 1. The van der Waals surface area contributed by atoms with Crippen LogP contribution in [0.2, 0.25) is 5.02 Å². The number of carbonyl (C=O) groups is 1. The zero-order valence-electron chi connectivity index (χ0n) is 12.9. The van der Waals surface area contributed by atoms with Crippen molar-refractivity contribution in [3.8, 4) is 0 Å². The van der Waals surface area contributed by atoms with Crippen molar-refractivity contribution < 1.29 is 14.3 Å². The SMILES string of the molecule is COC(c1ccc(Br)cc1Cl)C(C)NC(=O)OC(C)(C)C. The first-order chi connectivity index (χ1) is 9.64. The summed E-state index contributed by atoms with van der Waals surface area (Å²) in [7, 11) is 1.58. The van der Waals surface area contributed by atoms with Crippen LogP contribution in [0.3, 0.4) is 0 Å². The van der Waals surface area contributed by atoms with Crippen LogP contribution in [0.5, 0.6) is 0 Å². The molecule has 21 heavy (non-hydrogen) atoms. The number of nitrogens with one attached hydrogen (secondary N) is 1. The fourth-order valence-electron chi connectivity index (χ4n) is 1.90. The molecule has 0 saturated carbocycles. The molecule has 1 aromatic rings. The van der Waals surface area contributed by atoms with Crippen LogP contribution >= 0.6 is 27.5 Å². The topological polar surface area (TPSA) is 47.6 Å². The second kappa shape index (κ2) is 7.47. The molecule has 1 amide bonds. The largest absolute Gasteiger partial charge is 0.444 e. The molecule has 0 aliphatic heterocycles. The highest BCUT2D eigenvalue weighted by atomic mass is 79.9. The minimum absolute atomic E-state index is 0.288. The van der Waals surface area contributed by atoms with Crippen LogP contribution in [0.4, 0.5) is 4.79 Å². The van der Waals surface area contributed by atoms with Gasteiger partial charge in [0, 0.05) is 22.2 Å². The van der Waals surface area contributed by atoms with Gasteiger partial charge in [-0.1, -0.05) is 33.6 Å². The Morgan fingerprint density at radius 2 is 2.00 bits per heavy atom. The summed E-state index contributed by atoms with van der Waals surface area (Å²) >= 11 is 9.60. The monoisotopic (exact) mass is 377 g/mol. The average molecular weight is 379 g/mol. The summed E-state index contributed by atoms with van der Waals surface area (Å²) in [4.78, 5) is 11.8. The van der Waals surface area contributed by atoms with Crippen molar-refractivity contribution in [2.24, 2.45) is 0 Å². The standard InChI is InChI=1S/C15H21BrClNO3/c1-9(18-14(19)21-15(2,3)4)13(20-5)11-7-6-10(16)8-12(11)17/h6-9,13H,1-5H3,(H,18,19). The predicted octanol–water partition coefficient (Wildman–Crippen LogP) is 4.70. The molecular weight excluding hydrogens is 358 g/mol. The van der Waals surface area contributed by atoms with E-state index in [4.69, 9.17) is 21.1 Å². The molecule has 1 rings (SSSR count). The van der Waals surface area contributed by atoms with Crippen LogP contribution in [0, 0.1) is 0 Å². The Morgan fingerprint density at radius 1 is 1.38 bits per heavy atom. The van der Waals surface area contributed by atoms with Gasteiger partial charge in [0.05, 0.1) is 6.04 Å². The van der Waals surface area contributed by atoms with E-state index in [0.29, 0.717) is 5.02 Å². The van der Waals surface area contributed by atoms with Crippen LogP contribution in [0.1, 0.15) is 39.4 Å². The van der Waals surface area contributed by atoms with Gasteiger partial charge in [-0.2, -0.15) is 0 Å². The Kier molecular flexibility index (Phi) is 6.50. The second-order valence-corrected chi connectivity index (χ2v) is 7.08. The Hall–Kier alpha value is -0.780. The van der Waals surface area contributed by atoms with Gasteiger partial charge in [0.25, 0.3) is 0 Å². The molecule has 2 unspecified atom stereocenters. The number of alkyl carbamates (subject to hydrolysis) is 1. The molecule has 118 valence electrons. The van der Waals surface area contributed by atoms with E-state index < -0.39 is 11.7 Å². The summed E-state index contributed by atoms with van der Waals surface area (Å²) in [6, 6.07) is 5.26. The van der Waals surface area contributed by atoms with Gasteiger partial charge in [-0.3, -0.25) is 0 Å². The summed E-state index contributed by atoms with van der Waals surface area (Å²) < 4.78 is 11.6. The van der Waals surface area contributed by atoms with E-state index in [1.165, 1.54) is 0 Å². The Bertz CT molecular complexity index is 502. The number of hydrogen-bond donors (Lipinski definition) is 1. The third-order valence-corrected chi connectivity index (χ3v) is 3.54. The van der Waals surface area contributed by atoms with Crippen molar-refractivity contribution >= 4 is 33.6 Å². The summed E-state index contributed by atoms with van der Waals surface area (Å²) in [5, 5.41) is 3.35. The molecule has 4 nitrogen and oxygen atoms in total. The quantitative estimate of drug-likeness (QED) is 0.826. The molecule has 0 bridgehead atoms. The first kappa shape index (κ1) is 18.3. The first-order valence-electron chi connectivity index (χ1n) is 6.61. The lowest BCUT2D eigenvalue weighted by atomic mass is 10.0. The van der Waals surface area contributed by atoms with Crippen LogP contribution < -0.4 is 5.32 Å². The Morgan fingerprint density at radius 3 is 2.48 bits per heavy atom. The van der Waals surface area contributed by atoms with Gasteiger partial charge in [-0.05, 0) is 39.8 Å². The molecule has 6 heteroatoms.